The Morgan fingerprint density at radius 2 is 1.85 bits per heavy atom. The molecule has 0 spiro atoms. The van der Waals surface area contributed by atoms with E-state index >= 15 is 0 Å². The number of benzene rings is 1. The first-order valence-corrected chi connectivity index (χ1v) is 10.2. The molecule has 2 unspecified atom stereocenters. The van der Waals surface area contributed by atoms with E-state index in [0.717, 1.165) is 51.0 Å². The lowest BCUT2D eigenvalue weighted by Crippen LogP contribution is -2.57. The second-order valence-corrected chi connectivity index (χ2v) is 7.76. The van der Waals surface area contributed by atoms with Crippen molar-refractivity contribution in [3.8, 4) is 0 Å². The Kier molecular flexibility index (Phi) is 5.45. The number of fused-ring (bicyclic) bond motifs is 1. The normalized spacial score (nSPS) is 24.6. The second kappa shape index (κ2) is 7.98. The SMILES string of the molecule is CC(C(=O)N1CCCc2ccccc21)N1CCN(C(=O)C2CCCO2)CC1. The summed E-state index contributed by atoms with van der Waals surface area (Å²) in [5, 5.41) is 0. The summed E-state index contributed by atoms with van der Waals surface area (Å²) in [5.74, 6) is 0.289. The van der Waals surface area contributed by atoms with Gasteiger partial charge in [0.05, 0.1) is 6.04 Å². The van der Waals surface area contributed by atoms with Gasteiger partial charge in [0.2, 0.25) is 5.91 Å². The lowest BCUT2D eigenvalue weighted by atomic mass is 10.0. The molecule has 0 aromatic heterocycles. The first-order chi connectivity index (χ1) is 13.1. The summed E-state index contributed by atoms with van der Waals surface area (Å²) in [6.45, 7) is 6.30. The molecule has 0 saturated carbocycles. The van der Waals surface area contributed by atoms with Crippen molar-refractivity contribution in [1.82, 2.24) is 9.80 Å². The van der Waals surface area contributed by atoms with Crippen molar-refractivity contribution >= 4 is 17.5 Å². The van der Waals surface area contributed by atoms with Crippen molar-refractivity contribution in [2.24, 2.45) is 0 Å². The van der Waals surface area contributed by atoms with Crippen LogP contribution in [0.5, 0.6) is 0 Å². The molecule has 27 heavy (non-hydrogen) atoms. The second-order valence-electron chi connectivity index (χ2n) is 7.76. The highest BCUT2D eigenvalue weighted by Crippen LogP contribution is 2.28. The van der Waals surface area contributed by atoms with Crippen molar-refractivity contribution < 1.29 is 14.3 Å². The van der Waals surface area contributed by atoms with Gasteiger partial charge in [0.1, 0.15) is 6.10 Å². The molecule has 0 bridgehead atoms. The summed E-state index contributed by atoms with van der Waals surface area (Å²) in [7, 11) is 0. The number of rotatable bonds is 3. The third-order valence-electron chi connectivity index (χ3n) is 6.11. The molecule has 3 aliphatic heterocycles. The van der Waals surface area contributed by atoms with Gasteiger partial charge >= 0.3 is 0 Å². The van der Waals surface area contributed by atoms with E-state index in [2.05, 4.69) is 17.0 Å². The van der Waals surface area contributed by atoms with Crippen LogP contribution < -0.4 is 4.90 Å². The third-order valence-corrected chi connectivity index (χ3v) is 6.11. The van der Waals surface area contributed by atoms with E-state index in [1.807, 2.05) is 28.9 Å². The largest absolute Gasteiger partial charge is 0.368 e. The number of carbonyl (C=O) groups is 2. The number of ether oxygens (including phenoxy) is 1. The average molecular weight is 371 g/mol. The lowest BCUT2D eigenvalue weighted by Gasteiger charge is -2.40. The number of anilines is 1. The van der Waals surface area contributed by atoms with Gasteiger partial charge in [-0.3, -0.25) is 14.5 Å². The average Bonchev–Trinajstić information content (AvgIpc) is 3.27. The van der Waals surface area contributed by atoms with Gasteiger partial charge in [-0.15, -0.1) is 0 Å². The highest BCUT2D eigenvalue weighted by Gasteiger charge is 2.34. The Hall–Kier alpha value is -1.92. The minimum Gasteiger partial charge on any atom is -0.368 e. The van der Waals surface area contributed by atoms with Crippen LogP contribution in [0.3, 0.4) is 0 Å². The number of nitrogens with zero attached hydrogens (tertiary/aromatic N) is 3. The summed E-state index contributed by atoms with van der Waals surface area (Å²) in [6, 6.07) is 8.05. The maximum atomic E-state index is 13.2. The van der Waals surface area contributed by atoms with Gasteiger partial charge in [-0.2, -0.15) is 0 Å². The van der Waals surface area contributed by atoms with Crippen LogP contribution in [0.1, 0.15) is 31.7 Å². The van der Waals surface area contributed by atoms with Gasteiger partial charge in [-0.05, 0) is 44.2 Å². The highest BCUT2D eigenvalue weighted by molar-refractivity contribution is 5.98. The maximum Gasteiger partial charge on any atom is 0.251 e. The molecule has 3 heterocycles. The molecule has 0 radical (unpaired) electrons. The summed E-state index contributed by atoms with van der Waals surface area (Å²) in [6.07, 6.45) is 3.61. The molecule has 6 heteroatoms. The fourth-order valence-electron chi connectivity index (χ4n) is 4.45. The van der Waals surface area contributed by atoms with Crippen molar-refractivity contribution in [3.63, 3.8) is 0 Å². The summed E-state index contributed by atoms with van der Waals surface area (Å²) < 4.78 is 5.53. The fourth-order valence-corrected chi connectivity index (χ4v) is 4.45. The van der Waals surface area contributed by atoms with Gasteiger partial charge < -0.3 is 14.5 Å². The molecule has 0 N–H and O–H groups in total. The number of hydrogen-bond donors (Lipinski definition) is 0. The van der Waals surface area contributed by atoms with Crippen LogP contribution in [0.25, 0.3) is 0 Å². The predicted octanol–water partition coefficient (Wildman–Crippen LogP) is 1.68. The highest BCUT2D eigenvalue weighted by atomic mass is 16.5. The number of piperazine rings is 1. The number of hydrogen-bond acceptors (Lipinski definition) is 4. The minimum atomic E-state index is -0.250. The van der Waals surface area contributed by atoms with E-state index < -0.39 is 0 Å². The lowest BCUT2D eigenvalue weighted by molar-refractivity contribution is -0.143. The van der Waals surface area contributed by atoms with Crippen molar-refractivity contribution in [3.05, 3.63) is 29.8 Å². The van der Waals surface area contributed by atoms with E-state index in [9.17, 15) is 9.59 Å². The molecule has 2 amide bonds. The van der Waals surface area contributed by atoms with Gasteiger partial charge in [-0.25, -0.2) is 0 Å². The first kappa shape index (κ1) is 18.4. The Bertz CT molecular complexity index is 694. The van der Waals surface area contributed by atoms with E-state index in [-0.39, 0.29) is 24.0 Å². The van der Waals surface area contributed by atoms with Crippen molar-refractivity contribution in [2.45, 2.75) is 44.8 Å². The predicted molar refractivity (Wildman–Crippen MR) is 104 cm³/mol. The van der Waals surface area contributed by atoms with Crippen LogP contribution in [0, 0.1) is 0 Å². The fraction of sp³-hybridized carbons (Fsp3) is 0.619. The molecule has 1 aromatic rings. The Labute approximate surface area is 161 Å². The monoisotopic (exact) mass is 371 g/mol. The van der Waals surface area contributed by atoms with Crippen LogP contribution in [0.2, 0.25) is 0 Å². The van der Waals surface area contributed by atoms with Crippen LogP contribution in [0.15, 0.2) is 24.3 Å². The van der Waals surface area contributed by atoms with Crippen LogP contribution >= 0.6 is 0 Å². The summed E-state index contributed by atoms with van der Waals surface area (Å²) in [4.78, 5) is 31.7. The third kappa shape index (κ3) is 3.73. The molecule has 4 rings (SSSR count). The molecule has 2 fully saturated rings. The smallest absolute Gasteiger partial charge is 0.251 e. The zero-order valence-corrected chi connectivity index (χ0v) is 16.1. The maximum absolute atomic E-state index is 13.2. The number of aryl methyl sites for hydroxylation is 1. The molecule has 2 atom stereocenters. The van der Waals surface area contributed by atoms with Crippen molar-refractivity contribution in [2.75, 3.05) is 44.2 Å². The zero-order valence-electron chi connectivity index (χ0n) is 16.1. The van der Waals surface area contributed by atoms with E-state index in [4.69, 9.17) is 4.74 Å². The van der Waals surface area contributed by atoms with E-state index in [1.54, 1.807) is 0 Å². The van der Waals surface area contributed by atoms with E-state index in [1.165, 1.54) is 5.56 Å². The van der Waals surface area contributed by atoms with Crippen molar-refractivity contribution in [1.29, 1.82) is 0 Å². The first-order valence-electron chi connectivity index (χ1n) is 10.2. The van der Waals surface area contributed by atoms with Crippen LogP contribution in [-0.2, 0) is 20.7 Å². The molecular weight excluding hydrogens is 342 g/mol. The van der Waals surface area contributed by atoms with Crippen LogP contribution in [-0.4, -0.2) is 73.1 Å². The van der Waals surface area contributed by atoms with Crippen LogP contribution in [0.4, 0.5) is 5.69 Å². The van der Waals surface area contributed by atoms with Gasteiger partial charge in [0.15, 0.2) is 0 Å². The van der Waals surface area contributed by atoms with Gasteiger partial charge in [0, 0.05) is 45.0 Å². The zero-order chi connectivity index (χ0) is 18.8. The van der Waals surface area contributed by atoms with E-state index in [0.29, 0.717) is 19.7 Å². The Morgan fingerprint density at radius 1 is 1.07 bits per heavy atom. The number of para-hydroxylation sites is 1. The summed E-state index contributed by atoms with van der Waals surface area (Å²) in [5.41, 5.74) is 2.32. The Balaban J connectivity index is 1.36. The van der Waals surface area contributed by atoms with Gasteiger partial charge in [0.25, 0.3) is 5.91 Å². The number of carbonyl (C=O) groups excluding carboxylic acids is 2. The number of amides is 2. The quantitative estimate of drug-likeness (QED) is 0.811. The topological polar surface area (TPSA) is 53.1 Å². The molecule has 3 aliphatic rings. The summed E-state index contributed by atoms with van der Waals surface area (Å²) >= 11 is 0. The molecule has 146 valence electrons. The molecule has 6 nitrogen and oxygen atoms in total. The molecule has 2 saturated heterocycles. The van der Waals surface area contributed by atoms with Gasteiger partial charge in [-0.1, -0.05) is 18.2 Å². The molecular formula is C21H29N3O3. The standard InChI is InChI=1S/C21H29N3O3/c1-16(20(25)24-10-4-7-17-6-2-3-8-18(17)24)22-11-13-23(14-12-22)21(26)19-9-5-15-27-19/h2-3,6,8,16,19H,4-5,7,9-15H2,1H3. The Morgan fingerprint density at radius 3 is 2.59 bits per heavy atom. The molecule has 0 aliphatic carbocycles. The molecule has 1 aromatic carbocycles. The minimum absolute atomic E-state index is 0.121.